The molecule has 150 valence electrons. The fourth-order valence-corrected chi connectivity index (χ4v) is 3.02. The molecule has 0 bridgehead atoms. The first-order chi connectivity index (χ1) is 14.2. The van der Waals surface area contributed by atoms with E-state index in [0.717, 1.165) is 32.8 Å². The number of aromatic nitrogens is 4. The van der Waals surface area contributed by atoms with Crippen LogP contribution in [0, 0.1) is 10.1 Å². The fourth-order valence-electron chi connectivity index (χ4n) is 3.02. The lowest BCUT2D eigenvalue weighted by molar-refractivity contribution is -0.384. The molecule has 3 heterocycles. The first-order valence-corrected chi connectivity index (χ1v) is 9.22. The molecule has 0 radical (unpaired) electrons. The van der Waals surface area contributed by atoms with Gasteiger partial charge in [0.1, 0.15) is 17.4 Å². The average Bonchev–Trinajstić information content (AvgIpc) is 2.75. The van der Waals surface area contributed by atoms with E-state index in [0.29, 0.717) is 35.0 Å². The first kappa shape index (κ1) is 18.9. The van der Waals surface area contributed by atoms with Gasteiger partial charge in [-0.15, -0.1) is 0 Å². The number of anilines is 3. The highest BCUT2D eigenvalue weighted by atomic mass is 16.6. The molecule has 4 rings (SSSR count). The van der Waals surface area contributed by atoms with Gasteiger partial charge in [-0.3, -0.25) is 15.0 Å². The van der Waals surface area contributed by atoms with Crippen LogP contribution in [-0.4, -0.2) is 69.2 Å². The van der Waals surface area contributed by atoms with Crippen molar-refractivity contribution in [3.8, 4) is 0 Å². The van der Waals surface area contributed by atoms with E-state index in [-0.39, 0.29) is 5.69 Å². The minimum atomic E-state index is -0.443. The van der Waals surface area contributed by atoms with Crippen molar-refractivity contribution in [2.24, 2.45) is 0 Å². The van der Waals surface area contributed by atoms with Gasteiger partial charge in [-0.1, -0.05) is 6.07 Å². The van der Waals surface area contributed by atoms with Gasteiger partial charge in [-0.25, -0.2) is 19.9 Å². The van der Waals surface area contributed by atoms with Crippen molar-refractivity contribution in [3.05, 3.63) is 46.9 Å². The van der Waals surface area contributed by atoms with Crippen molar-refractivity contribution >= 4 is 34.2 Å². The summed E-state index contributed by atoms with van der Waals surface area (Å²) in [5.41, 5.74) is 1.64. The number of benzene rings is 1. The number of non-ortho nitro benzene ring substituents is 1. The predicted molar refractivity (Wildman–Crippen MR) is 107 cm³/mol. The van der Waals surface area contributed by atoms with Crippen molar-refractivity contribution in [2.45, 2.75) is 0 Å². The Hall–Kier alpha value is -3.44. The van der Waals surface area contributed by atoms with Crippen LogP contribution >= 0.6 is 0 Å². The zero-order valence-corrected chi connectivity index (χ0v) is 15.6. The molecule has 0 unspecified atom stereocenters. The van der Waals surface area contributed by atoms with E-state index in [2.05, 4.69) is 35.5 Å². The molecule has 11 heteroatoms. The van der Waals surface area contributed by atoms with Crippen LogP contribution in [-0.2, 0) is 4.74 Å². The summed E-state index contributed by atoms with van der Waals surface area (Å²) in [5.74, 6) is 0.928. The van der Waals surface area contributed by atoms with E-state index in [9.17, 15) is 10.1 Å². The standard InChI is InChI=1S/C18H20N8O3/c27-26(28)14-3-1-2-13(10-14)23-17-16-15(21-12-22-17)11-20-18(24-16)19-4-5-25-6-8-29-9-7-25/h1-3,10-12H,4-9H2,(H,19,20,24)(H,21,22,23). The van der Waals surface area contributed by atoms with Gasteiger partial charge in [0.2, 0.25) is 5.95 Å². The third-order valence-electron chi connectivity index (χ3n) is 4.51. The van der Waals surface area contributed by atoms with Crippen LogP contribution in [0.3, 0.4) is 0 Å². The van der Waals surface area contributed by atoms with Crippen molar-refractivity contribution < 1.29 is 9.66 Å². The summed E-state index contributed by atoms with van der Waals surface area (Å²) in [5, 5.41) is 17.3. The molecule has 0 aliphatic carbocycles. The summed E-state index contributed by atoms with van der Waals surface area (Å²) in [6.07, 6.45) is 3.02. The summed E-state index contributed by atoms with van der Waals surface area (Å²) in [6.45, 7) is 4.94. The summed E-state index contributed by atoms with van der Waals surface area (Å²) in [6, 6.07) is 6.21. The van der Waals surface area contributed by atoms with E-state index < -0.39 is 4.92 Å². The maximum absolute atomic E-state index is 11.0. The summed E-state index contributed by atoms with van der Waals surface area (Å²) in [4.78, 5) is 30.1. The van der Waals surface area contributed by atoms with Crippen LogP contribution in [0.15, 0.2) is 36.8 Å². The van der Waals surface area contributed by atoms with Gasteiger partial charge in [-0.05, 0) is 6.07 Å². The Morgan fingerprint density at radius 1 is 1.21 bits per heavy atom. The number of ether oxygens (including phenoxy) is 1. The zero-order valence-electron chi connectivity index (χ0n) is 15.6. The van der Waals surface area contributed by atoms with Gasteiger partial charge in [0.25, 0.3) is 5.69 Å². The van der Waals surface area contributed by atoms with Crippen LogP contribution < -0.4 is 10.6 Å². The molecule has 2 aromatic heterocycles. The number of fused-ring (bicyclic) bond motifs is 1. The SMILES string of the molecule is O=[N+]([O-])c1cccc(Nc2ncnc3cnc(NCCN4CCOCC4)nc23)c1. The molecule has 2 N–H and O–H groups in total. The fraction of sp³-hybridized carbons (Fsp3) is 0.333. The maximum atomic E-state index is 11.0. The van der Waals surface area contributed by atoms with Gasteiger partial charge in [0.05, 0.1) is 24.3 Å². The second-order valence-corrected chi connectivity index (χ2v) is 6.46. The molecule has 0 saturated carbocycles. The van der Waals surface area contributed by atoms with E-state index >= 15 is 0 Å². The molecule has 1 aliphatic rings. The highest BCUT2D eigenvalue weighted by molar-refractivity contribution is 5.87. The molecule has 1 saturated heterocycles. The van der Waals surface area contributed by atoms with Crippen molar-refractivity contribution in [1.82, 2.24) is 24.8 Å². The highest BCUT2D eigenvalue weighted by Gasteiger charge is 2.12. The first-order valence-electron chi connectivity index (χ1n) is 9.22. The topological polar surface area (TPSA) is 131 Å². The second kappa shape index (κ2) is 8.71. The van der Waals surface area contributed by atoms with Gasteiger partial charge in [0.15, 0.2) is 5.82 Å². The van der Waals surface area contributed by atoms with Crippen LogP contribution in [0.1, 0.15) is 0 Å². The lowest BCUT2D eigenvalue weighted by Gasteiger charge is -2.26. The van der Waals surface area contributed by atoms with Gasteiger partial charge < -0.3 is 15.4 Å². The number of nitrogens with one attached hydrogen (secondary N) is 2. The molecule has 3 aromatic rings. The molecule has 29 heavy (non-hydrogen) atoms. The number of nitrogens with zero attached hydrogens (tertiary/aromatic N) is 6. The largest absolute Gasteiger partial charge is 0.379 e. The lowest BCUT2D eigenvalue weighted by atomic mass is 10.3. The molecule has 0 amide bonds. The molecule has 1 fully saturated rings. The van der Waals surface area contributed by atoms with E-state index in [1.165, 1.54) is 18.5 Å². The normalized spacial score (nSPS) is 14.6. The van der Waals surface area contributed by atoms with Crippen molar-refractivity contribution in [1.29, 1.82) is 0 Å². The Morgan fingerprint density at radius 2 is 2.07 bits per heavy atom. The molecular formula is C18H20N8O3. The summed E-state index contributed by atoms with van der Waals surface area (Å²) in [7, 11) is 0. The smallest absolute Gasteiger partial charge is 0.271 e. The number of hydrogen-bond acceptors (Lipinski definition) is 10. The second-order valence-electron chi connectivity index (χ2n) is 6.46. The molecule has 1 aromatic carbocycles. The molecular weight excluding hydrogens is 376 g/mol. The van der Waals surface area contributed by atoms with Gasteiger partial charge in [0, 0.05) is 44.0 Å². The lowest BCUT2D eigenvalue weighted by Crippen LogP contribution is -2.39. The van der Waals surface area contributed by atoms with Crippen molar-refractivity contribution in [2.75, 3.05) is 50.0 Å². The molecule has 1 aliphatic heterocycles. The van der Waals surface area contributed by atoms with E-state index in [4.69, 9.17) is 4.74 Å². The number of hydrogen-bond donors (Lipinski definition) is 2. The Bertz CT molecular complexity index is 1010. The molecule has 11 nitrogen and oxygen atoms in total. The number of rotatable bonds is 7. The average molecular weight is 396 g/mol. The number of nitro benzene ring substituents is 1. The third kappa shape index (κ3) is 4.70. The Kier molecular flexibility index (Phi) is 5.68. The Balaban J connectivity index is 1.49. The number of morpholine rings is 1. The molecule has 0 spiro atoms. The van der Waals surface area contributed by atoms with E-state index in [1.807, 2.05) is 0 Å². The quantitative estimate of drug-likeness (QED) is 0.450. The van der Waals surface area contributed by atoms with E-state index in [1.54, 1.807) is 18.3 Å². The highest BCUT2D eigenvalue weighted by Crippen LogP contribution is 2.24. The zero-order chi connectivity index (χ0) is 20.1. The summed E-state index contributed by atoms with van der Waals surface area (Å²) >= 11 is 0. The Labute approximate surface area is 166 Å². The Morgan fingerprint density at radius 3 is 2.90 bits per heavy atom. The van der Waals surface area contributed by atoms with Crippen LogP contribution in [0.5, 0.6) is 0 Å². The van der Waals surface area contributed by atoms with Gasteiger partial charge >= 0.3 is 0 Å². The monoisotopic (exact) mass is 396 g/mol. The summed E-state index contributed by atoms with van der Waals surface area (Å²) < 4.78 is 5.35. The van der Waals surface area contributed by atoms with Crippen LogP contribution in [0.2, 0.25) is 0 Å². The van der Waals surface area contributed by atoms with Crippen molar-refractivity contribution in [3.63, 3.8) is 0 Å². The molecule has 0 atom stereocenters. The minimum absolute atomic E-state index is 0.00606. The van der Waals surface area contributed by atoms with Gasteiger partial charge in [-0.2, -0.15) is 0 Å². The minimum Gasteiger partial charge on any atom is -0.379 e. The van der Waals surface area contributed by atoms with Crippen LogP contribution in [0.25, 0.3) is 11.0 Å². The van der Waals surface area contributed by atoms with Crippen LogP contribution in [0.4, 0.5) is 23.1 Å². The maximum Gasteiger partial charge on any atom is 0.271 e. The third-order valence-corrected chi connectivity index (χ3v) is 4.51. The number of nitro groups is 1. The predicted octanol–water partition coefficient (Wildman–Crippen LogP) is 1.82.